The molecule has 0 aromatic rings. The van der Waals surface area contributed by atoms with Crippen LogP contribution in [0.25, 0.3) is 0 Å². The molecule has 0 aromatic carbocycles. The minimum atomic E-state index is -0.686. The van der Waals surface area contributed by atoms with Crippen LogP contribution >= 0.6 is 9.03 Å². The molecule has 1 rings (SSSR count). The first-order valence-corrected chi connectivity index (χ1v) is 17.5. The van der Waals surface area contributed by atoms with Crippen LogP contribution in [0, 0.1) is 0 Å². The van der Waals surface area contributed by atoms with Crippen molar-refractivity contribution in [2.24, 2.45) is 0 Å². The maximum absolute atomic E-state index is 9.99. The van der Waals surface area contributed by atoms with E-state index in [1.165, 1.54) is 0 Å². The molecule has 5 unspecified atom stereocenters. The maximum atomic E-state index is 9.99. The molecule has 1 aliphatic heterocycles. The average molecular weight is 490 g/mol. The molecule has 2 radical (unpaired) electrons. The Kier molecular flexibility index (Phi) is 12.4. The molecule has 1 saturated heterocycles. The van der Waals surface area contributed by atoms with Crippen LogP contribution in [-0.4, -0.2) is 95.3 Å². The number of aliphatic hydroxyl groups is 1. The number of hydrogen-bond acceptors (Lipinski definition) is 5. The van der Waals surface area contributed by atoms with Crippen molar-refractivity contribution in [1.82, 2.24) is 0 Å². The first-order valence-electron chi connectivity index (χ1n) is 5.00. The number of rotatable bonds is 6. The SMILES string of the molecule is CC(C)OCC1OC([Se][Ba])C(OPO)C1O.[V]. The second-order valence-electron chi connectivity index (χ2n) is 3.76. The first kappa shape index (κ1) is 19.9. The summed E-state index contributed by atoms with van der Waals surface area (Å²) in [5.41, 5.74) is 0. The molecule has 0 aromatic heterocycles. The van der Waals surface area contributed by atoms with E-state index in [0.29, 0.717) is 55.9 Å². The van der Waals surface area contributed by atoms with Gasteiger partial charge in [-0.05, 0) is 0 Å². The van der Waals surface area contributed by atoms with Gasteiger partial charge >= 0.3 is 132 Å². The van der Waals surface area contributed by atoms with Gasteiger partial charge in [-0.25, -0.2) is 0 Å². The van der Waals surface area contributed by atoms with Gasteiger partial charge in [-0.2, -0.15) is 0 Å². The second-order valence-corrected chi connectivity index (χ2v) is 11.3. The molecule has 0 spiro atoms. The summed E-state index contributed by atoms with van der Waals surface area (Å²) >= 11 is 0.644. The number of hydrogen-bond donors (Lipinski definition) is 2. The molecule has 1 aliphatic rings. The summed E-state index contributed by atoms with van der Waals surface area (Å²) < 4.78 is 16.3. The van der Waals surface area contributed by atoms with Gasteiger partial charge in [0, 0.05) is 18.6 Å². The third-order valence-corrected chi connectivity index (χ3v) is 9.46. The van der Waals surface area contributed by atoms with Crippen molar-refractivity contribution >= 4 is 58.3 Å². The Morgan fingerprint density at radius 1 is 1.53 bits per heavy atom. The summed E-state index contributed by atoms with van der Waals surface area (Å²) in [5, 5.41) is 9.97. The van der Waals surface area contributed by atoms with Crippen LogP contribution < -0.4 is 0 Å². The van der Waals surface area contributed by atoms with Gasteiger partial charge < -0.3 is 0 Å². The first-order chi connectivity index (χ1) is 7.60. The van der Waals surface area contributed by atoms with Crippen molar-refractivity contribution in [3.05, 3.63) is 0 Å². The Morgan fingerprint density at radius 2 is 2.18 bits per heavy atom. The minimum Gasteiger partial charge on any atom is 0 e. The minimum absolute atomic E-state index is 0. The molecule has 9 heteroatoms. The van der Waals surface area contributed by atoms with Gasteiger partial charge in [0.05, 0.1) is 0 Å². The van der Waals surface area contributed by atoms with Crippen LogP contribution in [0.15, 0.2) is 0 Å². The summed E-state index contributed by atoms with van der Waals surface area (Å²) in [6, 6.07) is 0. The largest absolute Gasteiger partial charge is 0 e. The van der Waals surface area contributed by atoms with Crippen molar-refractivity contribution in [2.45, 2.75) is 43.3 Å². The van der Waals surface area contributed by atoms with Gasteiger partial charge in [-0.1, -0.05) is 0 Å². The van der Waals surface area contributed by atoms with E-state index in [1.54, 1.807) is 0 Å². The van der Waals surface area contributed by atoms with Crippen molar-refractivity contribution in [1.29, 1.82) is 0 Å². The monoisotopic (exact) mass is 492 g/mol. The molecule has 0 saturated carbocycles. The summed E-state index contributed by atoms with van der Waals surface area (Å²) in [6.45, 7) is 4.27. The zero-order chi connectivity index (χ0) is 12.1. The van der Waals surface area contributed by atoms with E-state index in [0.717, 1.165) is 0 Å². The third-order valence-electron chi connectivity index (χ3n) is 2.24. The van der Waals surface area contributed by atoms with Crippen molar-refractivity contribution in [2.75, 3.05) is 6.61 Å². The molecule has 5 nitrogen and oxygen atoms in total. The molecular weight excluding hydrogens is 474 g/mol. The van der Waals surface area contributed by atoms with E-state index in [9.17, 15) is 5.11 Å². The van der Waals surface area contributed by atoms with E-state index < -0.39 is 15.1 Å². The molecule has 5 atom stereocenters. The second kappa shape index (κ2) is 10.6. The van der Waals surface area contributed by atoms with Crippen LogP contribution in [0.4, 0.5) is 0 Å². The maximum Gasteiger partial charge on any atom is 0 e. The van der Waals surface area contributed by atoms with Crippen LogP contribution in [-0.2, 0) is 32.6 Å². The average Bonchev–Trinajstić information content (AvgIpc) is 2.54. The molecule has 2 N–H and O–H groups in total. The topological polar surface area (TPSA) is 68.2 Å². The predicted molar refractivity (Wildman–Crippen MR) is 62.7 cm³/mol. The quantitative estimate of drug-likeness (QED) is 0.376. The fourth-order valence-electron chi connectivity index (χ4n) is 1.45. The van der Waals surface area contributed by atoms with Crippen molar-refractivity contribution in [3.63, 3.8) is 0 Å². The van der Waals surface area contributed by atoms with E-state index >= 15 is 0 Å². The van der Waals surface area contributed by atoms with E-state index in [4.69, 9.17) is 18.9 Å². The summed E-state index contributed by atoms with van der Waals surface area (Å²) in [4.78, 5) is 8.79. The normalized spacial score (nSPS) is 33.4. The molecule has 0 amide bonds. The Hall–Kier alpha value is 2.91. The molecule has 1 heterocycles. The van der Waals surface area contributed by atoms with Crippen molar-refractivity contribution < 1.29 is 42.6 Å². The van der Waals surface area contributed by atoms with Gasteiger partial charge in [-0.15, -0.1) is 0 Å². The Labute approximate surface area is 148 Å². The van der Waals surface area contributed by atoms with Gasteiger partial charge in [0.2, 0.25) is 0 Å². The van der Waals surface area contributed by atoms with E-state index in [-0.39, 0.29) is 41.9 Å². The van der Waals surface area contributed by atoms with Gasteiger partial charge in [0.1, 0.15) is 0 Å². The third kappa shape index (κ3) is 6.47. The zero-order valence-corrected chi connectivity index (χ0v) is 18.3. The molecular formula is C8H16BaO5PSeV. The van der Waals surface area contributed by atoms with Crippen LogP contribution in [0.3, 0.4) is 0 Å². The molecule has 17 heavy (non-hydrogen) atoms. The number of ether oxygens (including phenoxy) is 2. The van der Waals surface area contributed by atoms with Gasteiger partial charge in [0.15, 0.2) is 0 Å². The Bertz CT molecular complexity index is 216. The van der Waals surface area contributed by atoms with Crippen LogP contribution in [0.2, 0.25) is 0 Å². The predicted octanol–water partition coefficient (Wildman–Crippen LogP) is -0.832. The van der Waals surface area contributed by atoms with Crippen LogP contribution in [0.1, 0.15) is 13.8 Å². The summed E-state index contributed by atoms with van der Waals surface area (Å²) in [5.74, 6) is 0. The molecule has 96 valence electrons. The molecule has 0 bridgehead atoms. The molecule has 1 fully saturated rings. The standard InChI is InChI=1S/C8H17O5PSe.Ba.V/c1-4(2)11-3-5-6(9)7(13-14-10)8(15)12-5;;/h4-10,14-15H,3H2,1-2H3;;/q;+1;/p-1. The smallest absolute Gasteiger partial charge is 0 e. The fraction of sp³-hybridized carbons (Fsp3) is 1.00. The van der Waals surface area contributed by atoms with E-state index in [2.05, 4.69) is 0 Å². The zero-order valence-electron chi connectivity index (χ0n) is 9.78. The number of aliphatic hydroxyl groups excluding tert-OH is 1. The van der Waals surface area contributed by atoms with E-state index in [1.807, 2.05) is 13.8 Å². The molecule has 0 aliphatic carbocycles. The summed E-state index contributed by atoms with van der Waals surface area (Å²) in [6.07, 6.45) is -0.855. The van der Waals surface area contributed by atoms with Crippen LogP contribution in [0.5, 0.6) is 0 Å². The van der Waals surface area contributed by atoms with Crippen molar-refractivity contribution in [3.8, 4) is 0 Å². The van der Waals surface area contributed by atoms with Gasteiger partial charge in [0.25, 0.3) is 0 Å². The Balaban J connectivity index is 0.00000256. The fourth-order valence-corrected chi connectivity index (χ4v) is 7.75. The Morgan fingerprint density at radius 3 is 2.65 bits per heavy atom. The summed E-state index contributed by atoms with van der Waals surface area (Å²) in [7, 11) is -0.595. The van der Waals surface area contributed by atoms with Gasteiger partial charge in [-0.3, -0.25) is 0 Å².